The van der Waals surface area contributed by atoms with Crippen molar-refractivity contribution in [2.24, 2.45) is 0 Å². The lowest BCUT2D eigenvalue weighted by molar-refractivity contribution is 0.215. The molecule has 3 aromatic carbocycles. The molecular formula is C30H34N2O3. The maximum absolute atomic E-state index is 5.53. The predicted octanol–water partition coefficient (Wildman–Crippen LogP) is 6.28. The first kappa shape index (κ1) is 23.3. The van der Waals surface area contributed by atoms with Gasteiger partial charge in [0.2, 0.25) is 5.75 Å². The Morgan fingerprint density at radius 2 is 1.49 bits per heavy atom. The first-order chi connectivity index (χ1) is 17.2. The van der Waals surface area contributed by atoms with Crippen LogP contribution in [0.4, 0.5) is 0 Å². The van der Waals surface area contributed by atoms with Gasteiger partial charge in [0.1, 0.15) is 0 Å². The second-order valence-electron chi connectivity index (χ2n) is 9.22. The van der Waals surface area contributed by atoms with Crippen LogP contribution in [-0.4, -0.2) is 50.8 Å². The van der Waals surface area contributed by atoms with Gasteiger partial charge in [-0.2, -0.15) is 0 Å². The van der Waals surface area contributed by atoms with Gasteiger partial charge in [0, 0.05) is 23.1 Å². The minimum Gasteiger partial charge on any atom is -0.493 e. The van der Waals surface area contributed by atoms with Crippen LogP contribution < -0.4 is 14.2 Å². The molecule has 1 N–H and O–H groups in total. The molecule has 1 aromatic heterocycles. The van der Waals surface area contributed by atoms with Crippen LogP contribution in [0, 0.1) is 0 Å². The Morgan fingerprint density at radius 1 is 0.829 bits per heavy atom. The highest BCUT2D eigenvalue weighted by Crippen LogP contribution is 2.41. The highest BCUT2D eigenvalue weighted by molar-refractivity contribution is 5.91. The van der Waals surface area contributed by atoms with E-state index >= 15 is 0 Å². The molecule has 0 radical (unpaired) electrons. The summed E-state index contributed by atoms with van der Waals surface area (Å²) in [5, 5.41) is 1.36. The summed E-state index contributed by atoms with van der Waals surface area (Å²) >= 11 is 0. The van der Waals surface area contributed by atoms with Crippen molar-refractivity contribution >= 4 is 10.9 Å². The number of para-hydroxylation sites is 1. The Bertz CT molecular complexity index is 1250. The average Bonchev–Trinajstić information content (AvgIpc) is 3.31. The summed E-state index contributed by atoms with van der Waals surface area (Å²) in [5.74, 6) is 2.63. The molecule has 0 bridgehead atoms. The van der Waals surface area contributed by atoms with Gasteiger partial charge in [-0.3, -0.25) is 0 Å². The van der Waals surface area contributed by atoms with Crippen LogP contribution in [0.5, 0.6) is 17.2 Å². The number of ether oxygens (including phenoxy) is 3. The lowest BCUT2D eigenvalue weighted by atomic mass is 9.86. The van der Waals surface area contributed by atoms with Crippen LogP contribution in [0.15, 0.2) is 66.7 Å². The van der Waals surface area contributed by atoms with Gasteiger partial charge < -0.3 is 24.1 Å². The molecule has 0 unspecified atom stereocenters. The molecule has 5 nitrogen and oxygen atoms in total. The van der Waals surface area contributed by atoms with E-state index in [2.05, 4.69) is 76.6 Å². The number of hydrogen-bond acceptors (Lipinski definition) is 4. The number of nitrogens with one attached hydrogen (secondary N) is 1. The zero-order valence-electron chi connectivity index (χ0n) is 20.8. The molecular weight excluding hydrogens is 436 g/mol. The molecule has 1 aliphatic heterocycles. The van der Waals surface area contributed by atoms with Gasteiger partial charge in [-0.1, -0.05) is 48.5 Å². The van der Waals surface area contributed by atoms with Gasteiger partial charge >= 0.3 is 0 Å². The third kappa shape index (κ3) is 4.73. The summed E-state index contributed by atoms with van der Waals surface area (Å²) in [5.41, 5.74) is 6.46. The van der Waals surface area contributed by atoms with E-state index in [9.17, 15) is 0 Å². The fourth-order valence-corrected chi connectivity index (χ4v) is 5.43. The van der Waals surface area contributed by atoms with Crippen LogP contribution >= 0.6 is 0 Å². The van der Waals surface area contributed by atoms with Gasteiger partial charge in [0.25, 0.3) is 0 Å². The summed E-state index contributed by atoms with van der Waals surface area (Å²) in [6.45, 7) is 3.22. The zero-order valence-corrected chi connectivity index (χ0v) is 20.8. The number of fused-ring (bicyclic) bond motifs is 1. The van der Waals surface area contributed by atoms with E-state index in [1.807, 2.05) is 0 Å². The smallest absolute Gasteiger partial charge is 0.203 e. The lowest BCUT2D eigenvalue weighted by Crippen LogP contribution is -2.34. The second-order valence-corrected chi connectivity index (χ2v) is 9.22. The van der Waals surface area contributed by atoms with Crippen molar-refractivity contribution in [2.75, 3.05) is 41.0 Å². The topological polar surface area (TPSA) is 46.7 Å². The number of benzene rings is 3. The van der Waals surface area contributed by atoms with E-state index in [4.69, 9.17) is 14.2 Å². The number of aromatic amines is 1. The van der Waals surface area contributed by atoms with E-state index in [1.54, 1.807) is 21.3 Å². The van der Waals surface area contributed by atoms with Gasteiger partial charge in [-0.05, 0) is 73.2 Å². The van der Waals surface area contributed by atoms with Crippen molar-refractivity contribution in [2.45, 2.75) is 25.2 Å². The molecule has 1 saturated heterocycles. The Hall–Kier alpha value is -3.44. The van der Waals surface area contributed by atoms with Crippen LogP contribution in [0.1, 0.15) is 29.9 Å². The van der Waals surface area contributed by atoms with Gasteiger partial charge in [0.05, 0.1) is 21.3 Å². The normalized spacial score (nSPS) is 14.8. The highest BCUT2D eigenvalue weighted by Gasteiger charge is 2.26. The predicted molar refractivity (Wildman–Crippen MR) is 142 cm³/mol. The standard InChI is InChI=1S/C30H34N2O3/c1-33-26-19-21(20-27(34-2)30(26)35-3)13-16-32-17-14-22(15-18-32)28-24-11-7-8-12-25(24)31-29(28)23-9-5-4-6-10-23/h4-12,19-20,22,31H,13-18H2,1-3H3. The summed E-state index contributed by atoms with van der Waals surface area (Å²) < 4.78 is 16.5. The fraction of sp³-hybridized carbons (Fsp3) is 0.333. The third-order valence-corrected chi connectivity index (χ3v) is 7.25. The monoisotopic (exact) mass is 470 g/mol. The molecule has 35 heavy (non-hydrogen) atoms. The van der Waals surface area contributed by atoms with Crippen molar-refractivity contribution < 1.29 is 14.2 Å². The molecule has 2 heterocycles. The first-order valence-corrected chi connectivity index (χ1v) is 12.4. The summed E-state index contributed by atoms with van der Waals surface area (Å²) in [6.07, 6.45) is 3.28. The molecule has 5 heteroatoms. The van der Waals surface area contributed by atoms with Crippen LogP contribution in [0.2, 0.25) is 0 Å². The Balaban J connectivity index is 1.30. The quantitative estimate of drug-likeness (QED) is 0.329. The Labute approximate surface area is 207 Å². The molecule has 182 valence electrons. The minimum atomic E-state index is 0.554. The summed E-state index contributed by atoms with van der Waals surface area (Å²) in [7, 11) is 4.97. The maximum Gasteiger partial charge on any atom is 0.203 e. The molecule has 4 aromatic rings. The third-order valence-electron chi connectivity index (χ3n) is 7.25. The van der Waals surface area contributed by atoms with E-state index in [-0.39, 0.29) is 0 Å². The number of hydrogen-bond donors (Lipinski definition) is 1. The van der Waals surface area contributed by atoms with Crippen LogP contribution in [0.3, 0.4) is 0 Å². The van der Waals surface area contributed by atoms with E-state index < -0.39 is 0 Å². The number of likely N-dealkylation sites (tertiary alicyclic amines) is 1. The van der Waals surface area contributed by atoms with E-state index in [0.29, 0.717) is 23.2 Å². The average molecular weight is 471 g/mol. The van der Waals surface area contributed by atoms with Crippen molar-refractivity contribution in [1.82, 2.24) is 9.88 Å². The van der Waals surface area contributed by atoms with E-state index in [1.165, 1.54) is 33.3 Å². The first-order valence-electron chi connectivity index (χ1n) is 12.4. The Morgan fingerprint density at radius 3 is 2.14 bits per heavy atom. The van der Waals surface area contributed by atoms with Crippen molar-refractivity contribution in [3.63, 3.8) is 0 Å². The second kappa shape index (κ2) is 10.4. The molecule has 0 aliphatic carbocycles. The van der Waals surface area contributed by atoms with Crippen molar-refractivity contribution in [1.29, 1.82) is 0 Å². The minimum absolute atomic E-state index is 0.554. The number of aromatic nitrogens is 1. The maximum atomic E-state index is 5.53. The number of nitrogens with zero attached hydrogens (tertiary/aromatic N) is 1. The highest BCUT2D eigenvalue weighted by atomic mass is 16.5. The van der Waals surface area contributed by atoms with Gasteiger partial charge in [-0.15, -0.1) is 0 Å². The lowest BCUT2D eigenvalue weighted by Gasteiger charge is -2.32. The molecule has 0 spiro atoms. The molecule has 0 atom stereocenters. The zero-order chi connectivity index (χ0) is 24.2. The largest absolute Gasteiger partial charge is 0.493 e. The molecule has 1 aliphatic rings. The van der Waals surface area contributed by atoms with Crippen LogP contribution in [0.25, 0.3) is 22.2 Å². The summed E-state index contributed by atoms with van der Waals surface area (Å²) in [4.78, 5) is 6.30. The van der Waals surface area contributed by atoms with Crippen LogP contribution in [-0.2, 0) is 6.42 Å². The van der Waals surface area contributed by atoms with Gasteiger partial charge in [-0.25, -0.2) is 0 Å². The number of methoxy groups -OCH3 is 3. The molecule has 1 fully saturated rings. The van der Waals surface area contributed by atoms with Crippen molar-refractivity contribution in [3.8, 4) is 28.5 Å². The summed E-state index contributed by atoms with van der Waals surface area (Å²) in [6, 6.07) is 23.6. The SMILES string of the molecule is COc1cc(CCN2CCC(c3c(-c4ccccc4)[nH]c4ccccc34)CC2)cc(OC)c1OC. The Kier molecular flexibility index (Phi) is 6.96. The molecule has 0 amide bonds. The van der Waals surface area contributed by atoms with E-state index in [0.717, 1.165) is 38.9 Å². The number of H-pyrrole nitrogens is 1. The fourth-order valence-electron chi connectivity index (χ4n) is 5.43. The number of piperidine rings is 1. The molecule has 5 rings (SSSR count). The van der Waals surface area contributed by atoms with Crippen molar-refractivity contribution in [3.05, 3.63) is 77.9 Å². The van der Waals surface area contributed by atoms with Gasteiger partial charge in [0.15, 0.2) is 11.5 Å². The molecule has 0 saturated carbocycles. The number of rotatable bonds is 8.